The van der Waals surface area contributed by atoms with Crippen molar-refractivity contribution in [3.05, 3.63) is 12.2 Å². The van der Waals surface area contributed by atoms with E-state index in [9.17, 15) is 4.79 Å². The molecule has 0 amide bonds. The fourth-order valence-electron chi connectivity index (χ4n) is 7.66. The Morgan fingerprint density at radius 3 is 2.69 bits per heavy atom. The number of allylic oxidation sites excluding steroid dienone is 1. The van der Waals surface area contributed by atoms with Crippen LogP contribution in [0, 0.1) is 34.5 Å². The molecule has 5 heteroatoms. The Balaban J connectivity index is 0.00000205. The van der Waals surface area contributed by atoms with Gasteiger partial charge in [-0.15, -0.1) is 12.4 Å². The Morgan fingerprint density at radius 1 is 1.10 bits per heavy atom. The monoisotopic (exact) mass is 420 g/mol. The Hall–Kier alpha value is -0.870. The van der Waals surface area contributed by atoms with E-state index in [0.717, 1.165) is 58.0 Å². The minimum absolute atomic E-state index is 0. The first kappa shape index (κ1) is 21.4. The molecule has 5 rings (SSSR count). The molecule has 0 spiro atoms. The van der Waals surface area contributed by atoms with Gasteiger partial charge in [0, 0.05) is 24.8 Å². The summed E-state index contributed by atoms with van der Waals surface area (Å²) in [7, 11) is 0. The minimum Gasteiger partial charge on any atom is -0.391 e. The second-order valence-electron chi connectivity index (χ2n) is 10.8. The number of halogens is 1. The molecular formula is C24H37ClN2O2. The van der Waals surface area contributed by atoms with E-state index < -0.39 is 0 Å². The molecule has 1 saturated heterocycles. The molecule has 1 unspecified atom stereocenters. The van der Waals surface area contributed by atoms with Gasteiger partial charge in [-0.25, -0.2) is 0 Å². The first-order valence-electron chi connectivity index (χ1n) is 11.5. The molecule has 0 aromatic heterocycles. The lowest BCUT2D eigenvalue weighted by atomic mass is 9.44. The van der Waals surface area contributed by atoms with Gasteiger partial charge >= 0.3 is 0 Å². The molecule has 0 radical (unpaired) electrons. The molecule has 0 aromatic rings. The lowest BCUT2D eigenvalue weighted by Crippen LogP contribution is -2.54. The van der Waals surface area contributed by atoms with Crippen molar-refractivity contribution >= 4 is 23.9 Å². The highest BCUT2D eigenvalue weighted by Gasteiger charge is 2.61. The van der Waals surface area contributed by atoms with Crippen LogP contribution in [0.3, 0.4) is 0 Å². The van der Waals surface area contributed by atoms with Crippen LogP contribution in [0.25, 0.3) is 0 Å². The molecule has 7 atom stereocenters. The second-order valence-corrected chi connectivity index (χ2v) is 10.8. The van der Waals surface area contributed by atoms with Crippen LogP contribution in [0.2, 0.25) is 0 Å². The summed E-state index contributed by atoms with van der Waals surface area (Å²) >= 11 is 0. The third kappa shape index (κ3) is 3.29. The van der Waals surface area contributed by atoms with Crippen LogP contribution in [-0.4, -0.2) is 30.7 Å². The Labute approximate surface area is 181 Å². The number of carbonyl (C=O) groups excluding carboxylic acids is 1. The number of hydrogen-bond acceptors (Lipinski definition) is 4. The third-order valence-electron chi connectivity index (χ3n) is 9.52. The maximum atomic E-state index is 12.6. The number of hydrogen-bond donors (Lipinski definition) is 1. The zero-order valence-electron chi connectivity index (χ0n) is 18.0. The highest BCUT2D eigenvalue weighted by Crippen LogP contribution is 2.66. The second kappa shape index (κ2) is 7.67. The Bertz CT molecular complexity index is 716. The van der Waals surface area contributed by atoms with Gasteiger partial charge in [0.2, 0.25) is 0 Å². The van der Waals surface area contributed by atoms with Gasteiger partial charge in [0.15, 0.2) is 0 Å². The largest absolute Gasteiger partial charge is 0.391 e. The molecule has 4 nitrogen and oxygen atoms in total. The number of nitrogens with one attached hydrogen (secondary N) is 1. The first-order chi connectivity index (χ1) is 13.4. The zero-order chi connectivity index (χ0) is 19.5. The van der Waals surface area contributed by atoms with Gasteiger partial charge in [-0.1, -0.05) is 31.2 Å². The summed E-state index contributed by atoms with van der Waals surface area (Å²) in [5.41, 5.74) is 2.99. The van der Waals surface area contributed by atoms with Gasteiger partial charge in [-0.05, 0) is 80.6 Å². The predicted octanol–water partition coefficient (Wildman–Crippen LogP) is 4.92. The molecule has 4 aliphatic carbocycles. The molecule has 29 heavy (non-hydrogen) atoms. The van der Waals surface area contributed by atoms with Crippen molar-refractivity contribution < 1.29 is 9.63 Å². The summed E-state index contributed by atoms with van der Waals surface area (Å²) in [5.74, 6) is 2.96. The summed E-state index contributed by atoms with van der Waals surface area (Å²) in [6.07, 6.45) is 9.96. The third-order valence-corrected chi connectivity index (χ3v) is 9.52. The van der Waals surface area contributed by atoms with E-state index in [1.165, 1.54) is 24.1 Å². The van der Waals surface area contributed by atoms with Crippen LogP contribution < -0.4 is 5.32 Å². The molecule has 0 aromatic carbocycles. The quantitative estimate of drug-likeness (QED) is 0.509. The van der Waals surface area contributed by atoms with Gasteiger partial charge in [0.1, 0.15) is 11.9 Å². The van der Waals surface area contributed by atoms with Gasteiger partial charge in [0.25, 0.3) is 0 Å². The predicted molar refractivity (Wildman–Crippen MR) is 118 cm³/mol. The molecule has 1 aliphatic heterocycles. The SMILES string of the molecule is C=C1CC2CC(=NO[C@@H]3CCNC3)CC[C@]2(C)[C@H]2CC[C@]3(C)C(=O)CC[C@H]3[C@H]12.Cl. The van der Waals surface area contributed by atoms with E-state index >= 15 is 0 Å². The average molecular weight is 421 g/mol. The number of nitrogens with zero attached hydrogens (tertiary/aromatic N) is 1. The molecule has 4 saturated carbocycles. The number of oxime groups is 1. The van der Waals surface area contributed by atoms with Crippen LogP contribution in [0.5, 0.6) is 0 Å². The van der Waals surface area contributed by atoms with E-state index in [1.807, 2.05) is 0 Å². The van der Waals surface area contributed by atoms with Crippen molar-refractivity contribution in [2.75, 3.05) is 13.1 Å². The molecule has 5 aliphatic rings. The summed E-state index contributed by atoms with van der Waals surface area (Å²) in [5, 5.41) is 7.94. The van der Waals surface area contributed by atoms with E-state index in [0.29, 0.717) is 34.9 Å². The zero-order valence-corrected chi connectivity index (χ0v) is 18.9. The number of ketones is 1. The average Bonchev–Trinajstić information content (AvgIpc) is 3.29. The minimum atomic E-state index is -0.0717. The van der Waals surface area contributed by atoms with Crippen molar-refractivity contribution in [1.82, 2.24) is 5.32 Å². The molecular weight excluding hydrogens is 384 g/mol. The van der Waals surface area contributed by atoms with Gasteiger partial charge in [-0.2, -0.15) is 0 Å². The standard InChI is InChI=1S/C24H36N2O2.ClH/c1-15-12-16-13-17(26-28-18-8-11-25-14-18)6-9-23(16,2)20-7-10-24(3)19(22(15)20)4-5-21(24)27;/h16,18-20,22,25H,1,4-14H2,2-3H3;1H/t16?,18-,19+,20+,22+,23+,24+;/m1./s1. The van der Waals surface area contributed by atoms with Crippen LogP contribution in [0.1, 0.15) is 71.6 Å². The fourth-order valence-corrected chi connectivity index (χ4v) is 7.66. The summed E-state index contributed by atoms with van der Waals surface area (Å²) in [4.78, 5) is 18.5. The number of carbonyl (C=O) groups is 1. The van der Waals surface area contributed by atoms with Crippen LogP contribution in [0.15, 0.2) is 17.3 Å². The van der Waals surface area contributed by atoms with Gasteiger partial charge in [0.05, 0.1) is 5.71 Å². The molecule has 1 N–H and O–H groups in total. The van der Waals surface area contributed by atoms with Crippen LogP contribution in [-0.2, 0) is 9.63 Å². The van der Waals surface area contributed by atoms with Crippen molar-refractivity contribution in [1.29, 1.82) is 0 Å². The Morgan fingerprint density at radius 2 is 1.93 bits per heavy atom. The van der Waals surface area contributed by atoms with E-state index in [4.69, 9.17) is 4.84 Å². The van der Waals surface area contributed by atoms with Crippen LogP contribution in [0.4, 0.5) is 0 Å². The van der Waals surface area contributed by atoms with Crippen molar-refractivity contribution in [3.8, 4) is 0 Å². The van der Waals surface area contributed by atoms with E-state index in [-0.39, 0.29) is 23.9 Å². The number of Topliss-reactive ketones (excluding diaryl/α,β-unsaturated/α-hetero) is 1. The van der Waals surface area contributed by atoms with Gasteiger partial charge < -0.3 is 10.2 Å². The fraction of sp³-hybridized carbons (Fsp3) is 0.833. The van der Waals surface area contributed by atoms with Crippen molar-refractivity contribution in [2.45, 2.75) is 77.7 Å². The van der Waals surface area contributed by atoms with Crippen molar-refractivity contribution in [2.24, 2.45) is 39.7 Å². The summed E-state index contributed by atoms with van der Waals surface area (Å²) in [6, 6.07) is 0. The van der Waals surface area contributed by atoms with Crippen molar-refractivity contribution in [3.63, 3.8) is 0 Å². The molecule has 1 heterocycles. The first-order valence-corrected chi connectivity index (χ1v) is 11.5. The lowest BCUT2D eigenvalue weighted by molar-refractivity contribution is -0.133. The number of fused-ring (bicyclic) bond motifs is 5. The highest BCUT2D eigenvalue weighted by atomic mass is 35.5. The Kier molecular flexibility index (Phi) is 5.65. The van der Waals surface area contributed by atoms with E-state index in [2.05, 4.69) is 30.9 Å². The van der Waals surface area contributed by atoms with Gasteiger partial charge in [-0.3, -0.25) is 4.79 Å². The highest BCUT2D eigenvalue weighted by molar-refractivity contribution is 5.87. The van der Waals surface area contributed by atoms with E-state index in [1.54, 1.807) is 0 Å². The maximum Gasteiger partial charge on any atom is 0.141 e. The maximum absolute atomic E-state index is 12.6. The topological polar surface area (TPSA) is 50.7 Å². The molecule has 162 valence electrons. The summed E-state index contributed by atoms with van der Waals surface area (Å²) < 4.78 is 0. The smallest absolute Gasteiger partial charge is 0.141 e. The number of rotatable bonds is 2. The molecule has 5 fully saturated rings. The lowest BCUT2D eigenvalue weighted by Gasteiger charge is -2.60. The van der Waals surface area contributed by atoms with Crippen LogP contribution >= 0.6 is 12.4 Å². The normalized spacial score (nSPS) is 47.9. The summed E-state index contributed by atoms with van der Waals surface area (Å²) in [6.45, 7) is 11.3. The molecule has 0 bridgehead atoms.